The SMILES string of the molecule is Cc1cc(O)c(/N=N/c2ccc(C3=Nc4ccc(O)cc4C3)cc2)c2ccccc12. The molecule has 0 unspecified atom stereocenters. The number of nitrogens with zero attached hydrogens (tertiary/aromatic N) is 3. The summed E-state index contributed by atoms with van der Waals surface area (Å²) < 4.78 is 0. The van der Waals surface area contributed by atoms with Crippen LogP contribution in [0.4, 0.5) is 17.1 Å². The first kappa shape index (κ1) is 18.1. The first-order valence-electron chi connectivity index (χ1n) is 9.71. The van der Waals surface area contributed by atoms with Crippen LogP contribution in [0.3, 0.4) is 0 Å². The number of hydrogen-bond donors (Lipinski definition) is 2. The molecule has 5 nitrogen and oxygen atoms in total. The van der Waals surface area contributed by atoms with Gasteiger partial charge in [-0.1, -0.05) is 36.4 Å². The number of azo groups is 1. The lowest BCUT2D eigenvalue weighted by Crippen LogP contribution is -1.99. The molecule has 30 heavy (non-hydrogen) atoms. The Hall–Kier alpha value is -3.99. The van der Waals surface area contributed by atoms with Crippen molar-refractivity contribution >= 4 is 33.5 Å². The predicted molar refractivity (Wildman–Crippen MR) is 119 cm³/mol. The van der Waals surface area contributed by atoms with Crippen molar-refractivity contribution in [3.63, 3.8) is 0 Å². The molecular weight excluding hydrogens is 374 g/mol. The highest BCUT2D eigenvalue weighted by Crippen LogP contribution is 2.38. The number of phenols is 2. The van der Waals surface area contributed by atoms with Gasteiger partial charge in [0.15, 0.2) is 0 Å². The predicted octanol–water partition coefficient (Wildman–Crippen LogP) is 6.65. The van der Waals surface area contributed by atoms with Crippen LogP contribution in [0.2, 0.25) is 0 Å². The second-order valence-electron chi connectivity index (χ2n) is 7.40. The van der Waals surface area contributed by atoms with Crippen LogP contribution >= 0.6 is 0 Å². The van der Waals surface area contributed by atoms with Crippen molar-refractivity contribution in [3.8, 4) is 11.5 Å². The Morgan fingerprint density at radius 1 is 0.833 bits per heavy atom. The molecule has 0 radical (unpaired) electrons. The molecular formula is C25H19N3O2. The molecule has 0 bridgehead atoms. The third-order valence-corrected chi connectivity index (χ3v) is 5.35. The Balaban J connectivity index is 1.42. The second kappa shape index (κ2) is 7.12. The van der Waals surface area contributed by atoms with E-state index in [1.807, 2.05) is 61.5 Å². The molecule has 4 aromatic carbocycles. The zero-order chi connectivity index (χ0) is 20.7. The average Bonchev–Trinajstić information content (AvgIpc) is 3.17. The Labute approximate surface area is 173 Å². The Bertz CT molecular complexity index is 1340. The number of hydrogen-bond acceptors (Lipinski definition) is 5. The van der Waals surface area contributed by atoms with Gasteiger partial charge in [0.1, 0.15) is 17.2 Å². The summed E-state index contributed by atoms with van der Waals surface area (Å²) in [7, 11) is 0. The summed E-state index contributed by atoms with van der Waals surface area (Å²) >= 11 is 0. The van der Waals surface area contributed by atoms with Gasteiger partial charge in [-0.2, -0.15) is 5.11 Å². The van der Waals surface area contributed by atoms with Gasteiger partial charge in [-0.15, -0.1) is 5.11 Å². The van der Waals surface area contributed by atoms with Crippen molar-refractivity contribution in [1.82, 2.24) is 0 Å². The normalized spacial score (nSPS) is 13.0. The van der Waals surface area contributed by atoms with Gasteiger partial charge in [0.05, 0.1) is 17.1 Å². The molecule has 5 rings (SSSR count). The lowest BCUT2D eigenvalue weighted by molar-refractivity contribution is 0.475. The van der Waals surface area contributed by atoms with Crippen molar-refractivity contribution in [1.29, 1.82) is 0 Å². The molecule has 0 aromatic heterocycles. The number of aromatic hydroxyl groups is 2. The third-order valence-electron chi connectivity index (χ3n) is 5.35. The van der Waals surface area contributed by atoms with Crippen LogP contribution in [0, 0.1) is 6.92 Å². The zero-order valence-electron chi connectivity index (χ0n) is 16.4. The fraction of sp³-hybridized carbons (Fsp3) is 0.0800. The van der Waals surface area contributed by atoms with Gasteiger partial charge in [0, 0.05) is 11.8 Å². The summed E-state index contributed by atoms with van der Waals surface area (Å²) in [6.45, 7) is 1.97. The van der Waals surface area contributed by atoms with Crippen LogP contribution in [0.5, 0.6) is 11.5 Å². The minimum atomic E-state index is 0.118. The highest BCUT2D eigenvalue weighted by atomic mass is 16.3. The van der Waals surface area contributed by atoms with Crippen molar-refractivity contribution in [2.45, 2.75) is 13.3 Å². The van der Waals surface area contributed by atoms with Crippen molar-refractivity contribution < 1.29 is 10.2 Å². The number of aryl methyl sites for hydroxylation is 1. The number of aliphatic imine (C=N–C) groups is 1. The van der Waals surface area contributed by atoms with Crippen LogP contribution in [0.15, 0.2) is 88.0 Å². The van der Waals surface area contributed by atoms with Crippen molar-refractivity contribution in [3.05, 3.63) is 89.5 Å². The van der Waals surface area contributed by atoms with E-state index in [1.165, 1.54) is 0 Å². The Morgan fingerprint density at radius 2 is 1.60 bits per heavy atom. The number of fused-ring (bicyclic) bond motifs is 2. The molecule has 4 aromatic rings. The van der Waals surface area contributed by atoms with Gasteiger partial charge in [0.25, 0.3) is 0 Å². The molecule has 2 N–H and O–H groups in total. The molecule has 146 valence electrons. The highest BCUT2D eigenvalue weighted by Gasteiger charge is 2.16. The zero-order valence-corrected chi connectivity index (χ0v) is 16.4. The number of benzene rings is 4. The molecule has 0 amide bonds. The second-order valence-corrected chi connectivity index (χ2v) is 7.40. The highest BCUT2D eigenvalue weighted by molar-refractivity contribution is 6.06. The molecule has 1 aliphatic heterocycles. The fourth-order valence-corrected chi connectivity index (χ4v) is 3.81. The van der Waals surface area contributed by atoms with E-state index in [1.54, 1.807) is 18.2 Å². The van der Waals surface area contributed by atoms with E-state index < -0.39 is 0 Å². The van der Waals surface area contributed by atoms with Gasteiger partial charge < -0.3 is 10.2 Å². The summed E-state index contributed by atoms with van der Waals surface area (Å²) in [5.41, 5.74) is 6.05. The summed E-state index contributed by atoms with van der Waals surface area (Å²) in [6, 6.07) is 22.5. The lowest BCUT2D eigenvalue weighted by atomic mass is 10.0. The van der Waals surface area contributed by atoms with E-state index in [9.17, 15) is 10.2 Å². The van der Waals surface area contributed by atoms with Gasteiger partial charge >= 0.3 is 0 Å². The van der Waals surface area contributed by atoms with Crippen LogP contribution in [0.1, 0.15) is 16.7 Å². The van der Waals surface area contributed by atoms with Crippen molar-refractivity contribution in [2.24, 2.45) is 15.2 Å². The van der Waals surface area contributed by atoms with Gasteiger partial charge in [-0.05, 0) is 65.4 Å². The molecule has 5 heteroatoms. The van der Waals surface area contributed by atoms with Crippen LogP contribution in [-0.4, -0.2) is 15.9 Å². The van der Waals surface area contributed by atoms with E-state index in [-0.39, 0.29) is 11.5 Å². The van der Waals surface area contributed by atoms with E-state index in [2.05, 4.69) is 15.2 Å². The molecule has 1 aliphatic rings. The summed E-state index contributed by atoms with van der Waals surface area (Å²) in [6.07, 6.45) is 0.688. The van der Waals surface area contributed by atoms with E-state index >= 15 is 0 Å². The molecule has 0 saturated heterocycles. The van der Waals surface area contributed by atoms with Crippen molar-refractivity contribution in [2.75, 3.05) is 0 Å². The maximum Gasteiger partial charge on any atom is 0.144 e. The lowest BCUT2D eigenvalue weighted by Gasteiger charge is -2.07. The molecule has 0 spiro atoms. The third kappa shape index (κ3) is 3.20. The molecule has 0 atom stereocenters. The summed E-state index contributed by atoms with van der Waals surface area (Å²) in [5.74, 6) is 0.376. The van der Waals surface area contributed by atoms with Gasteiger partial charge in [-0.3, -0.25) is 4.99 Å². The molecule has 1 heterocycles. The monoisotopic (exact) mass is 393 g/mol. The van der Waals surface area contributed by atoms with E-state index in [0.29, 0.717) is 17.8 Å². The van der Waals surface area contributed by atoms with Crippen LogP contribution in [0.25, 0.3) is 10.8 Å². The standard InChI is InChI=1S/C25H19N3O2/c1-15-12-24(30)25(21-5-3-2-4-20(15)21)28-27-18-8-6-16(7-9-18)23-14-17-13-19(29)10-11-22(17)26-23/h2-13,29-30H,14H2,1H3/b28-27+. The summed E-state index contributed by atoms with van der Waals surface area (Å²) in [4.78, 5) is 4.66. The fourth-order valence-electron chi connectivity index (χ4n) is 3.81. The van der Waals surface area contributed by atoms with Crippen LogP contribution in [-0.2, 0) is 6.42 Å². The number of phenolic OH excluding ortho intramolecular Hbond substituents is 2. The quantitative estimate of drug-likeness (QED) is 0.382. The molecule has 0 aliphatic carbocycles. The Morgan fingerprint density at radius 3 is 2.40 bits per heavy atom. The minimum absolute atomic E-state index is 0.118. The van der Waals surface area contributed by atoms with Gasteiger partial charge in [-0.25, -0.2) is 0 Å². The summed E-state index contributed by atoms with van der Waals surface area (Å²) in [5, 5.41) is 30.6. The first-order valence-corrected chi connectivity index (χ1v) is 9.71. The largest absolute Gasteiger partial charge is 0.508 e. The topological polar surface area (TPSA) is 77.5 Å². The average molecular weight is 393 g/mol. The Kier molecular flexibility index (Phi) is 4.29. The maximum atomic E-state index is 10.4. The first-order chi connectivity index (χ1) is 14.6. The van der Waals surface area contributed by atoms with E-state index in [4.69, 9.17) is 0 Å². The molecule has 0 saturated carbocycles. The molecule has 0 fully saturated rings. The van der Waals surface area contributed by atoms with Crippen LogP contribution < -0.4 is 0 Å². The van der Waals surface area contributed by atoms with Gasteiger partial charge in [0.2, 0.25) is 0 Å². The maximum absolute atomic E-state index is 10.4. The smallest absolute Gasteiger partial charge is 0.144 e. The van der Waals surface area contributed by atoms with E-state index in [0.717, 1.165) is 38.9 Å². The minimum Gasteiger partial charge on any atom is -0.508 e. The number of rotatable bonds is 3.